The molecule has 1 atom stereocenters. The van der Waals surface area contributed by atoms with Crippen molar-refractivity contribution in [3.05, 3.63) is 59.7 Å². The molecule has 1 N–H and O–H groups in total. The highest BCUT2D eigenvalue weighted by Gasteiger charge is 2.26. The van der Waals surface area contributed by atoms with E-state index in [-0.39, 0.29) is 24.8 Å². The maximum absolute atomic E-state index is 13.3. The summed E-state index contributed by atoms with van der Waals surface area (Å²) in [5, 5.41) is 2.86. The van der Waals surface area contributed by atoms with Gasteiger partial charge in [-0.2, -0.15) is 0 Å². The number of aryl methyl sites for hydroxylation is 1. The van der Waals surface area contributed by atoms with Gasteiger partial charge in [0.2, 0.25) is 21.8 Å². The van der Waals surface area contributed by atoms with Gasteiger partial charge in [-0.25, -0.2) is 8.42 Å². The lowest BCUT2D eigenvalue weighted by Gasteiger charge is -2.29. The highest BCUT2D eigenvalue weighted by atomic mass is 32.2. The molecule has 0 aliphatic rings. The molecule has 8 nitrogen and oxygen atoms in total. The van der Waals surface area contributed by atoms with E-state index in [1.165, 1.54) is 11.4 Å². The predicted octanol–water partition coefficient (Wildman–Crippen LogP) is 3.49. The Balaban J connectivity index is 2.15. The number of amides is 2. The van der Waals surface area contributed by atoms with E-state index in [9.17, 15) is 18.0 Å². The molecule has 2 aromatic rings. The number of methoxy groups -OCH3 is 1. The van der Waals surface area contributed by atoms with Crippen LogP contribution in [0.2, 0.25) is 0 Å². The number of carbonyl (C=O) groups excluding carboxylic acids is 2. The molecule has 35 heavy (non-hydrogen) atoms. The molecule has 0 radical (unpaired) electrons. The van der Waals surface area contributed by atoms with Crippen LogP contribution in [-0.2, 0) is 26.2 Å². The number of anilines is 1. The van der Waals surface area contributed by atoms with Gasteiger partial charge in [0.05, 0.1) is 19.1 Å². The van der Waals surface area contributed by atoms with E-state index in [0.717, 1.165) is 23.8 Å². The zero-order valence-corrected chi connectivity index (χ0v) is 22.1. The number of nitrogens with one attached hydrogen (secondary N) is 1. The second kappa shape index (κ2) is 13.1. The maximum atomic E-state index is 13.3. The molecule has 9 heteroatoms. The van der Waals surface area contributed by atoms with E-state index in [2.05, 4.69) is 5.32 Å². The van der Waals surface area contributed by atoms with Crippen LogP contribution >= 0.6 is 0 Å². The van der Waals surface area contributed by atoms with Crippen LogP contribution in [0.25, 0.3) is 0 Å². The largest absolute Gasteiger partial charge is 0.497 e. The fourth-order valence-corrected chi connectivity index (χ4v) is 4.60. The summed E-state index contributed by atoms with van der Waals surface area (Å²) in [6.45, 7) is 6.65. The smallest absolute Gasteiger partial charge is 0.242 e. The molecule has 0 saturated carbocycles. The molecule has 0 bridgehead atoms. The Morgan fingerprint density at radius 3 is 2.40 bits per heavy atom. The summed E-state index contributed by atoms with van der Waals surface area (Å²) in [6.07, 6.45) is 2.35. The monoisotopic (exact) mass is 503 g/mol. The van der Waals surface area contributed by atoms with Crippen LogP contribution in [0.3, 0.4) is 0 Å². The normalized spacial score (nSPS) is 12.0. The van der Waals surface area contributed by atoms with Gasteiger partial charge in [0.1, 0.15) is 11.8 Å². The zero-order valence-electron chi connectivity index (χ0n) is 21.3. The van der Waals surface area contributed by atoms with Gasteiger partial charge in [-0.15, -0.1) is 0 Å². The molecule has 2 amide bonds. The quantitative estimate of drug-likeness (QED) is 0.451. The van der Waals surface area contributed by atoms with Crippen LogP contribution in [0.15, 0.2) is 48.5 Å². The molecule has 0 aliphatic carbocycles. The molecule has 2 rings (SSSR count). The van der Waals surface area contributed by atoms with Crippen LogP contribution in [0.4, 0.5) is 5.69 Å². The number of nitrogens with zero attached hydrogens (tertiary/aromatic N) is 2. The molecular weight excluding hydrogens is 466 g/mol. The summed E-state index contributed by atoms with van der Waals surface area (Å²) in [6, 6.07) is 14.0. The first kappa shape index (κ1) is 28.2. The SMILES string of the molecule is CCCNC(=O)[C@@H](C)N(Cc1ccc(C)cc1)C(=O)CCCN(c1cccc(OC)c1)S(C)(=O)=O. The Labute approximate surface area is 209 Å². The lowest BCUT2D eigenvalue weighted by molar-refractivity contribution is -0.140. The van der Waals surface area contributed by atoms with Crippen molar-refractivity contribution >= 4 is 27.5 Å². The van der Waals surface area contributed by atoms with Crippen molar-refractivity contribution in [2.45, 2.75) is 52.6 Å². The Morgan fingerprint density at radius 2 is 1.80 bits per heavy atom. The average Bonchev–Trinajstić information content (AvgIpc) is 2.83. The molecule has 0 aromatic heterocycles. The number of hydrogen-bond acceptors (Lipinski definition) is 5. The molecular formula is C26H37N3O5S. The minimum Gasteiger partial charge on any atom is -0.497 e. The van der Waals surface area contributed by atoms with E-state index in [1.807, 2.05) is 38.1 Å². The highest BCUT2D eigenvalue weighted by molar-refractivity contribution is 7.92. The Morgan fingerprint density at radius 1 is 1.11 bits per heavy atom. The number of hydrogen-bond donors (Lipinski definition) is 1. The molecule has 0 heterocycles. The lowest BCUT2D eigenvalue weighted by atomic mass is 10.1. The van der Waals surface area contributed by atoms with Gasteiger partial charge in [-0.05, 0) is 44.4 Å². The summed E-state index contributed by atoms with van der Waals surface area (Å²) in [5.41, 5.74) is 2.51. The van der Waals surface area contributed by atoms with Crippen molar-refractivity contribution < 1.29 is 22.7 Å². The van der Waals surface area contributed by atoms with E-state index >= 15 is 0 Å². The van der Waals surface area contributed by atoms with Gasteiger partial charge in [-0.1, -0.05) is 42.8 Å². The molecule has 0 saturated heterocycles. The molecule has 0 unspecified atom stereocenters. The van der Waals surface area contributed by atoms with Crippen LogP contribution in [-0.4, -0.2) is 57.6 Å². The minimum atomic E-state index is -3.57. The second-order valence-corrected chi connectivity index (χ2v) is 10.5. The third-order valence-electron chi connectivity index (χ3n) is 5.68. The Bertz CT molecular complexity index is 1090. The van der Waals surface area contributed by atoms with Gasteiger partial charge in [0.15, 0.2) is 0 Å². The standard InChI is InChI=1S/C26H37N3O5S/c1-6-16-27-26(31)21(3)28(19-22-14-12-20(2)13-15-22)25(30)11-8-17-29(35(5,32)33)23-9-7-10-24(18-23)34-4/h7,9-10,12-15,18,21H,6,8,11,16-17,19H2,1-5H3,(H,27,31)/t21-/m1/s1. The van der Waals surface area contributed by atoms with E-state index in [1.54, 1.807) is 36.1 Å². The van der Waals surface area contributed by atoms with Gasteiger partial charge in [0, 0.05) is 32.1 Å². The summed E-state index contributed by atoms with van der Waals surface area (Å²) in [4.78, 5) is 27.5. The van der Waals surface area contributed by atoms with Crippen molar-refractivity contribution in [2.75, 3.05) is 30.8 Å². The summed E-state index contributed by atoms with van der Waals surface area (Å²) in [5.74, 6) is 0.133. The van der Waals surface area contributed by atoms with Crippen molar-refractivity contribution in [2.24, 2.45) is 0 Å². The second-order valence-electron chi connectivity index (χ2n) is 8.61. The highest BCUT2D eigenvalue weighted by Crippen LogP contribution is 2.24. The van der Waals surface area contributed by atoms with E-state index in [0.29, 0.717) is 30.9 Å². The molecule has 2 aromatic carbocycles. The summed E-state index contributed by atoms with van der Waals surface area (Å²) < 4.78 is 31.4. The molecule has 0 fully saturated rings. The number of rotatable bonds is 13. The van der Waals surface area contributed by atoms with Crippen LogP contribution in [0.1, 0.15) is 44.2 Å². The van der Waals surface area contributed by atoms with E-state index < -0.39 is 16.1 Å². The third kappa shape index (κ3) is 8.58. The predicted molar refractivity (Wildman–Crippen MR) is 139 cm³/mol. The van der Waals surface area contributed by atoms with Crippen molar-refractivity contribution in [1.29, 1.82) is 0 Å². The fourth-order valence-electron chi connectivity index (χ4n) is 3.64. The molecule has 192 valence electrons. The Kier molecular flexibility index (Phi) is 10.6. The zero-order chi connectivity index (χ0) is 26.0. The molecule has 0 aliphatic heterocycles. The summed E-state index contributed by atoms with van der Waals surface area (Å²) in [7, 11) is -2.05. The first-order chi connectivity index (χ1) is 16.6. The molecule has 0 spiro atoms. The van der Waals surface area contributed by atoms with Crippen LogP contribution in [0.5, 0.6) is 5.75 Å². The first-order valence-electron chi connectivity index (χ1n) is 11.8. The first-order valence-corrected chi connectivity index (χ1v) is 13.7. The van der Waals surface area contributed by atoms with Crippen LogP contribution < -0.4 is 14.4 Å². The Hall–Kier alpha value is -3.07. The number of sulfonamides is 1. The van der Waals surface area contributed by atoms with E-state index in [4.69, 9.17) is 4.74 Å². The van der Waals surface area contributed by atoms with Crippen molar-refractivity contribution in [3.63, 3.8) is 0 Å². The van der Waals surface area contributed by atoms with Gasteiger partial charge in [0.25, 0.3) is 0 Å². The fraction of sp³-hybridized carbons (Fsp3) is 0.462. The van der Waals surface area contributed by atoms with Gasteiger partial charge < -0.3 is 15.0 Å². The lowest BCUT2D eigenvalue weighted by Crippen LogP contribution is -2.47. The third-order valence-corrected chi connectivity index (χ3v) is 6.88. The average molecular weight is 504 g/mol. The maximum Gasteiger partial charge on any atom is 0.242 e. The number of carbonyl (C=O) groups is 2. The number of ether oxygens (including phenoxy) is 1. The van der Waals surface area contributed by atoms with Gasteiger partial charge in [-0.3, -0.25) is 13.9 Å². The van der Waals surface area contributed by atoms with Crippen molar-refractivity contribution in [3.8, 4) is 5.75 Å². The van der Waals surface area contributed by atoms with Crippen LogP contribution in [0, 0.1) is 6.92 Å². The number of benzene rings is 2. The van der Waals surface area contributed by atoms with Crippen molar-refractivity contribution in [1.82, 2.24) is 10.2 Å². The summed E-state index contributed by atoms with van der Waals surface area (Å²) >= 11 is 0. The minimum absolute atomic E-state index is 0.104. The van der Waals surface area contributed by atoms with Gasteiger partial charge >= 0.3 is 0 Å². The topological polar surface area (TPSA) is 96.0 Å².